The summed E-state index contributed by atoms with van der Waals surface area (Å²) in [7, 11) is 0. The van der Waals surface area contributed by atoms with Crippen molar-refractivity contribution >= 4 is 28.6 Å². The fourth-order valence-corrected chi connectivity index (χ4v) is 3.35. The van der Waals surface area contributed by atoms with Crippen LogP contribution in [0.4, 0.5) is 5.82 Å². The normalized spacial score (nSPS) is 18.6. The number of thioether (sulfide) groups is 1. The molecule has 4 N–H and O–H groups in total. The number of nitrogens with one attached hydrogen (secondary N) is 1. The Labute approximate surface area is 115 Å². The zero-order valence-corrected chi connectivity index (χ0v) is 11.6. The minimum atomic E-state index is -0.528. The number of nitrogens with zero attached hydrogens (tertiary/aromatic N) is 3. The molecule has 6 nitrogen and oxygen atoms in total. The third-order valence-corrected chi connectivity index (χ3v) is 4.24. The van der Waals surface area contributed by atoms with Crippen LogP contribution in [0, 0.1) is 0 Å². The van der Waals surface area contributed by atoms with Crippen LogP contribution < -0.4 is 5.73 Å². The van der Waals surface area contributed by atoms with E-state index in [0.29, 0.717) is 18.9 Å². The highest BCUT2D eigenvalue weighted by atomic mass is 32.2. The van der Waals surface area contributed by atoms with Gasteiger partial charge in [0.1, 0.15) is 11.8 Å². The van der Waals surface area contributed by atoms with Crippen molar-refractivity contribution in [1.82, 2.24) is 19.9 Å². The average Bonchev–Trinajstić information content (AvgIpc) is 2.72. The van der Waals surface area contributed by atoms with Crippen molar-refractivity contribution in [2.24, 2.45) is 0 Å². The van der Waals surface area contributed by atoms with E-state index in [9.17, 15) is 5.11 Å². The molecule has 0 amide bonds. The number of fused-ring (bicyclic) bond motifs is 1. The molecule has 0 saturated carbocycles. The standard InChI is InChI=1S/C12H17N5OS/c1-19-6-12(18)4-17(5-12)3-8-2-14-10-9(8)15-7-16-11(10)13/h2,7,14,18H,3-6H2,1H3,(H2,13,15,16). The fourth-order valence-electron chi connectivity index (χ4n) is 2.63. The molecule has 3 heterocycles. The van der Waals surface area contributed by atoms with Crippen LogP contribution in [0.3, 0.4) is 0 Å². The lowest BCUT2D eigenvalue weighted by atomic mass is 9.96. The highest BCUT2D eigenvalue weighted by Crippen LogP contribution is 2.28. The van der Waals surface area contributed by atoms with Gasteiger partial charge >= 0.3 is 0 Å². The lowest BCUT2D eigenvalue weighted by Gasteiger charge is -2.46. The lowest BCUT2D eigenvalue weighted by Crippen LogP contribution is -2.62. The molecular weight excluding hydrogens is 262 g/mol. The van der Waals surface area contributed by atoms with Crippen LogP contribution >= 0.6 is 11.8 Å². The summed E-state index contributed by atoms with van der Waals surface area (Å²) in [6.45, 7) is 2.19. The first kappa shape index (κ1) is 12.7. The van der Waals surface area contributed by atoms with Crippen molar-refractivity contribution in [3.8, 4) is 0 Å². The summed E-state index contributed by atoms with van der Waals surface area (Å²) in [5.41, 5.74) is 8.01. The van der Waals surface area contributed by atoms with Gasteiger partial charge in [-0.2, -0.15) is 11.8 Å². The van der Waals surface area contributed by atoms with Crippen molar-refractivity contribution in [2.45, 2.75) is 12.1 Å². The number of nitrogen functional groups attached to an aromatic ring is 1. The number of β-amino-alcohol motifs (C(OH)–C–C–N with tert-alkyl or cyclic N) is 1. The maximum atomic E-state index is 10.2. The van der Waals surface area contributed by atoms with E-state index >= 15 is 0 Å². The molecule has 7 heteroatoms. The number of likely N-dealkylation sites (tertiary alicyclic amines) is 1. The zero-order valence-electron chi connectivity index (χ0n) is 10.8. The van der Waals surface area contributed by atoms with Crippen molar-refractivity contribution < 1.29 is 5.11 Å². The molecular formula is C12H17N5OS. The van der Waals surface area contributed by atoms with E-state index in [1.807, 2.05) is 12.5 Å². The second kappa shape index (κ2) is 4.66. The molecule has 0 spiro atoms. The molecule has 3 rings (SSSR count). The van der Waals surface area contributed by atoms with Crippen LogP contribution in [0.25, 0.3) is 11.0 Å². The molecule has 19 heavy (non-hydrogen) atoms. The van der Waals surface area contributed by atoms with Gasteiger partial charge in [-0.25, -0.2) is 9.97 Å². The Kier molecular flexibility index (Phi) is 3.12. The Morgan fingerprint density at radius 2 is 2.32 bits per heavy atom. The Morgan fingerprint density at radius 1 is 1.53 bits per heavy atom. The first-order chi connectivity index (χ1) is 9.11. The summed E-state index contributed by atoms with van der Waals surface area (Å²) in [5.74, 6) is 1.26. The van der Waals surface area contributed by atoms with Gasteiger partial charge in [0.25, 0.3) is 0 Å². The Bertz CT molecular complexity index is 593. The van der Waals surface area contributed by atoms with Gasteiger partial charge in [0.05, 0.1) is 11.1 Å². The SMILES string of the molecule is CSCC1(O)CN(Cc2c[nH]c3c(N)ncnc23)C1. The molecule has 1 fully saturated rings. The van der Waals surface area contributed by atoms with Gasteiger partial charge in [-0.3, -0.25) is 4.90 Å². The fraction of sp³-hybridized carbons (Fsp3) is 0.500. The molecule has 2 aromatic rings. The van der Waals surface area contributed by atoms with Crippen molar-refractivity contribution in [1.29, 1.82) is 0 Å². The number of nitrogens with two attached hydrogens (primary N) is 1. The topological polar surface area (TPSA) is 91.1 Å². The molecule has 0 radical (unpaired) electrons. The highest BCUT2D eigenvalue weighted by Gasteiger charge is 2.40. The summed E-state index contributed by atoms with van der Waals surface area (Å²) in [6.07, 6.45) is 5.41. The molecule has 102 valence electrons. The van der Waals surface area contributed by atoms with Crippen LogP contribution in [-0.2, 0) is 6.54 Å². The number of aliphatic hydroxyl groups is 1. The number of aromatic nitrogens is 3. The molecule has 0 aliphatic carbocycles. The quantitative estimate of drug-likeness (QED) is 0.753. The zero-order chi connectivity index (χ0) is 13.5. The maximum Gasteiger partial charge on any atom is 0.151 e. The Balaban J connectivity index is 1.72. The largest absolute Gasteiger partial charge is 0.386 e. The van der Waals surface area contributed by atoms with E-state index in [1.54, 1.807) is 11.8 Å². The smallest absolute Gasteiger partial charge is 0.151 e. The lowest BCUT2D eigenvalue weighted by molar-refractivity contribution is -0.0831. The minimum Gasteiger partial charge on any atom is -0.386 e. The molecule has 0 unspecified atom stereocenters. The van der Waals surface area contributed by atoms with Gasteiger partial charge in [-0.15, -0.1) is 0 Å². The first-order valence-electron chi connectivity index (χ1n) is 6.11. The van der Waals surface area contributed by atoms with E-state index in [1.165, 1.54) is 6.33 Å². The van der Waals surface area contributed by atoms with Crippen LogP contribution in [0.15, 0.2) is 12.5 Å². The van der Waals surface area contributed by atoms with Gasteiger partial charge < -0.3 is 15.8 Å². The molecule has 1 aliphatic rings. The molecule has 0 aromatic carbocycles. The van der Waals surface area contributed by atoms with Gasteiger partial charge in [0, 0.05) is 37.1 Å². The van der Waals surface area contributed by atoms with Crippen molar-refractivity contribution in [2.75, 3.05) is 30.8 Å². The number of aromatic amines is 1. The third kappa shape index (κ3) is 2.29. The molecule has 2 aromatic heterocycles. The maximum absolute atomic E-state index is 10.2. The molecule has 0 bridgehead atoms. The summed E-state index contributed by atoms with van der Waals surface area (Å²) in [4.78, 5) is 13.5. The van der Waals surface area contributed by atoms with E-state index in [4.69, 9.17) is 5.73 Å². The summed E-state index contributed by atoms with van der Waals surface area (Å²) < 4.78 is 0. The number of hydrogen-bond donors (Lipinski definition) is 3. The number of anilines is 1. The van der Waals surface area contributed by atoms with Gasteiger partial charge in [0.15, 0.2) is 5.82 Å². The second-order valence-corrected chi connectivity index (χ2v) is 5.96. The number of hydrogen-bond acceptors (Lipinski definition) is 6. The average molecular weight is 279 g/mol. The first-order valence-corrected chi connectivity index (χ1v) is 7.51. The summed E-state index contributed by atoms with van der Waals surface area (Å²) in [6, 6.07) is 0. The Hall–Kier alpha value is -1.31. The Morgan fingerprint density at radius 3 is 3.05 bits per heavy atom. The highest BCUT2D eigenvalue weighted by molar-refractivity contribution is 7.98. The van der Waals surface area contributed by atoms with Gasteiger partial charge in [0.2, 0.25) is 0 Å². The monoisotopic (exact) mass is 279 g/mol. The predicted molar refractivity (Wildman–Crippen MR) is 76.9 cm³/mol. The minimum absolute atomic E-state index is 0.471. The van der Waals surface area contributed by atoms with Gasteiger partial charge in [-0.1, -0.05) is 0 Å². The van der Waals surface area contributed by atoms with E-state index in [2.05, 4.69) is 19.9 Å². The second-order valence-electron chi connectivity index (χ2n) is 5.10. The van der Waals surface area contributed by atoms with Crippen molar-refractivity contribution in [3.05, 3.63) is 18.1 Å². The van der Waals surface area contributed by atoms with E-state index < -0.39 is 5.60 Å². The van der Waals surface area contributed by atoms with E-state index in [-0.39, 0.29) is 0 Å². The number of rotatable bonds is 4. The van der Waals surface area contributed by atoms with Crippen LogP contribution in [0.2, 0.25) is 0 Å². The third-order valence-electron chi connectivity index (χ3n) is 3.41. The molecule has 1 aliphatic heterocycles. The van der Waals surface area contributed by atoms with Crippen LogP contribution in [0.1, 0.15) is 5.56 Å². The van der Waals surface area contributed by atoms with Crippen molar-refractivity contribution in [3.63, 3.8) is 0 Å². The summed E-state index contributed by atoms with van der Waals surface area (Å²) in [5, 5.41) is 10.2. The molecule has 0 atom stereocenters. The number of H-pyrrole nitrogens is 1. The van der Waals surface area contributed by atoms with E-state index in [0.717, 1.165) is 28.9 Å². The van der Waals surface area contributed by atoms with Crippen LogP contribution in [-0.4, -0.2) is 55.7 Å². The molecule has 1 saturated heterocycles. The predicted octanol–water partition coefficient (Wildman–Crippen LogP) is 0.450. The van der Waals surface area contributed by atoms with Crippen LogP contribution in [0.5, 0.6) is 0 Å². The van der Waals surface area contributed by atoms with Gasteiger partial charge in [-0.05, 0) is 6.26 Å². The summed E-state index contributed by atoms with van der Waals surface area (Å²) >= 11 is 1.68.